The Bertz CT molecular complexity index is 1210. The molecular weight excluding hydrogens is 452 g/mol. The van der Waals surface area contributed by atoms with Crippen molar-refractivity contribution in [3.8, 4) is 11.4 Å². The first-order valence-corrected chi connectivity index (χ1v) is 12.5. The van der Waals surface area contributed by atoms with Gasteiger partial charge in [-0.3, -0.25) is 9.69 Å². The maximum Gasteiger partial charge on any atom is 0.318 e. The van der Waals surface area contributed by atoms with Gasteiger partial charge in [0.1, 0.15) is 18.3 Å². The molecule has 0 aliphatic carbocycles. The Morgan fingerprint density at radius 2 is 1.69 bits per heavy atom. The largest absolute Gasteiger partial charge is 0.497 e. The Morgan fingerprint density at radius 3 is 2.33 bits per heavy atom. The summed E-state index contributed by atoms with van der Waals surface area (Å²) >= 11 is 0. The predicted molar refractivity (Wildman–Crippen MR) is 143 cm³/mol. The summed E-state index contributed by atoms with van der Waals surface area (Å²) < 4.78 is 7.50. The maximum atomic E-state index is 14.1. The van der Waals surface area contributed by atoms with Gasteiger partial charge in [0, 0.05) is 18.3 Å². The lowest BCUT2D eigenvalue weighted by atomic mass is 9.97. The summed E-state index contributed by atoms with van der Waals surface area (Å²) in [5, 5.41) is 3.02. The van der Waals surface area contributed by atoms with Crippen molar-refractivity contribution in [2.45, 2.75) is 52.1 Å². The Labute approximate surface area is 213 Å². The van der Waals surface area contributed by atoms with Crippen LogP contribution in [0.3, 0.4) is 0 Å². The molecule has 1 unspecified atom stereocenters. The Balaban J connectivity index is 1.75. The second-order valence-electron chi connectivity index (χ2n) is 10.2. The highest BCUT2D eigenvalue weighted by Crippen LogP contribution is 2.42. The minimum atomic E-state index is -0.394. The molecule has 36 heavy (non-hydrogen) atoms. The summed E-state index contributed by atoms with van der Waals surface area (Å²) in [5.74, 6) is 0.628. The summed E-state index contributed by atoms with van der Waals surface area (Å²) in [6.07, 6.45) is 3.78. The lowest BCUT2D eigenvalue weighted by molar-refractivity contribution is -0.119. The van der Waals surface area contributed by atoms with E-state index in [2.05, 4.69) is 16.8 Å². The number of fused-ring (bicyclic) bond motifs is 3. The SMILES string of the molecule is CCCCN(CC(=O)N1c2ccccc2-n2cccc2C1c1ccc(OC)cc1)C(=O)NC(C)(C)C. The molecule has 1 aromatic heterocycles. The van der Waals surface area contributed by atoms with Crippen molar-refractivity contribution in [1.82, 2.24) is 14.8 Å². The van der Waals surface area contributed by atoms with E-state index in [0.29, 0.717) is 6.54 Å². The zero-order valence-electron chi connectivity index (χ0n) is 21.8. The fraction of sp³-hybridized carbons (Fsp3) is 0.379. The van der Waals surface area contributed by atoms with Gasteiger partial charge in [0.2, 0.25) is 5.91 Å². The number of nitrogens with zero attached hydrogens (tertiary/aromatic N) is 3. The number of para-hydroxylation sites is 2. The molecular formula is C29H36N4O3. The van der Waals surface area contributed by atoms with E-state index in [1.165, 1.54) is 0 Å². The fourth-order valence-corrected chi connectivity index (χ4v) is 4.60. The Kier molecular flexibility index (Phi) is 7.38. The minimum absolute atomic E-state index is 0.0103. The van der Waals surface area contributed by atoms with Gasteiger partial charge in [-0.1, -0.05) is 37.6 Å². The summed E-state index contributed by atoms with van der Waals surface area (Å²) in [5.41, 5.74) is 3.33. The number of hydrogen-bond donors (Lipinski definition) is 1. The standard InChI is InChI=1S/C29H36N4O3/c1-6-7-18-31(28(35)30-29(2,3)4)20-26(34)33-24-12-9-8-11-23(24)32-19-10-13-25(32)27(33)21-14-16-22(36-5)17-15-21/h8-17,19,27H,6-7,18,20H2,1-5H3,(H,30,35). The smallest absolute Gasteiger partial charge is 0.318 e. The van der Waals surface area contributed by atoms with Crippen molar-refractivity contribution in [2.75, 3.05) is 25.1 Å². The van der Waals surface area contributed by atoms with E-state index in [-0.39, 0.29) is 24.5 Å². The molecule has 0 bridgehead atoms. The quantitative estimate of drug-likeness (QED) is 0.475. The number of ether oxygens (including phenoxy) is 1. The number of rotatable bonds is 7. The van der Waals surface area contributed by atoms with Crippen LogP contribution >= 0.6 is 0 Å². The van der Waals surface area contributed by atoms with Crippen LogP contribution in [0.5, 0.6) is 5.75 Å². The average molecular weight is 489 g/mol. The zero-order chi connectivity index (χ0) is 25.9. The van der Waals surface area contributed by atoms with Crippen LogP contribution in [0.4, 0.5) is 10.5 Å². The number of methoxy groups -OCH3 is 1. The summed E-state index contributed by atoms with van der Waals surface area (Å²) in [7, 11) is 1.64. The van der Waals surface area contributed by atoms with Crippen molar-refractivity contribution < 1.29 is 14.3 Å². The Hall–Kier alpha value is -3.74. The zero-order valence-corrected chi connectivity index (χ0v) is 21.8. The molecule has 1 aliphatic rings. The van der Waals surface area contributed by atoms with Gasteiger partial charge >= 0.3 is 6.03 Å². The lowest BCUT2D eigenvalue weighted by Crippen LogP contribution is -2.52. The van der Waals surface area contributed by atoms with Crippen molar-refractivity contribution in [3.05, 3.63) is 78.1 Å². The normalized spacial score (nSPS) is 14.6. The number of amides is 3. The molecule has 0 radical (unpaired) electrons. The van der Waals surface area contributed by atoms with Gasteiger partial charge in [0.15, 0.2) is 0 Å². The summed E-state index contributed by atoms with van der Waals surface area (Å²) in [6.45, 7) is 8.42. The number of aromatic nitrogens is 1. The van der Waals surface area contributed by atoms with Crippen LogP contribution < -0.4 is 15.0 Å². The topological polar surface area (TPSA) is 66.8 Å². The monoisotopic (exact) mass is 488 g/mol. The molecule has 1 aliphatic heterocycles. The number of urea groups is 1. The van der Waals surface area contributed by atoms with Crippen molar-refractivity contribution in [3.63, 3.8) is 0 Å². The number of carbonyl (C=O) groups is 2. The van der Waals surface area contributed by atoms with E-state index in [1.807, 2.05) is 92.5 Å². The first-order valence-electron chi connectivity index (χ1n) is 12.5. The molecule has 3 amide bonds. The molecule has 0 spiro atoms. The molecule has 2 heterocycles. The van der Waals surface area contributed by atoms with E-state index in [0.717, 1.165) is 41.2 Å². The number of anilines is 1. The van der Waals surface area contributed by atoms with Crippen LogP contribution in [0.25, 0.3) is 5.69 Å². The molecule has 4 rings (SSSR count). The summed E-state index contributed by atoms with van der Waals surface area (Å²) in [4.78, 5) is 30.7. The molecule has 2 aromatic carbocycles. The van der Waals surface area contributed by atoms with Crippen molar-refractivity contribution in [2.24, 2.45) is 0 Å². The van der Waals surface area contributed by atoms with Gasteiger partial charge in [-0.2, -0.15) is 0 Å². The molecule has 1 N–H and O–H groups in total. The van der Waals surface area contributed by atoms with Crippen LogP contribution in [0, 0.1) is 0 Å². The predicted octanol–water partition coefficient (Wildman–Crippen LogP) is 5.53. The number of benzene rings is 2. The van der Waals surface area contributed by atoms with E-state index >= 15 is 0 Å². The number of unbranched alkanes of at least 4 members (excludes halogenated alkanes) is 1. The molecule has 0 saturated carbocycles. The second-order valence-corrected chi connectivity index (χ2v) is 10.2. The first-order chi connectivity index (χ1) is 17.2. The van der Waals surface area contributed by atoms with Gasteiger partial charge in [-0.15, -0.1) is 0 Å². The van der Waals surface area contributed by atoms with Crippen LogP contribution in [0.2, 0.25) is 0 Å². The minimum Gasteiger partial charge on any atom is -0.497 e. The molecule has 0 fully saturated rings. The van der Waals surface area contributed by atoms with Gasteiger partial charge in [0.25, 0.3) is 0 Å². The number of nitrogens with one attached hydrogen (secondary N) is 1. The third-order valence-electron chi connectivity index (χ3n) is 6.30. The second kappa shape index (κ2) is 10.5. The molecule has 1 atom stereocenters. The molecule has 7 heteroatoms. The van der Waals surface area contributed by atoms with Gasteiger partial charge in [0.05, 0.1) is 24.2 Å². The van der Waals surface area contributed by atoms with Gasteiger partial charge < -0.3 is 19.5 Å². The maximum absolute atomic E-state index is 14.1. The number of carbonyl (C=O) groups excluding carboxylic acids is 2. The third kappa shape index (κ3) is 5.25. The highest BCUT2D eigenvalue weighted by atomic mass is 16.5. The fourth-order valence-electron chi connectivity index (χ4n) is 4.60. The summed E-state index contributed by atoms with van der Waals surface area (Å²) in [6, 6.07) is 19.2. The highest BCUT2D eigenvalue weighted by Gasteiger charge is 2.37. The number of hydrogen-bond acceptors (Lipinski definition) is 3. The van der Waals surface area contributed by atoms with Gasteiger partial charge in [-0.05, 0) is 69.2 Å². The van der Waals surface area contributed by atoms with Gasteiger partial charge in [-0.25, -0.2) is 4.79 Å². The molecule has 7 nitrogen and oxygen atoms in total. The highest BCUT2D eigenvalue weighted by molar-refractivity contribution is 6.00. The van der Waals surface area contributed by atoms with E-state index in [1.54, 1.807) is 12.0 Å². The van der Waals surface area contributed by atoms with Crippen LogP contribution in [-0.2, 0) is 4.79 Å². The van der Waals surface area contributed by atoms with E-state index in [4.69, 9.17) is 4.74 Å². The van der Waals surface area contributed by atoms with E-state index in [9.17, 15) is 9.59 Å². The van der Waals surface area contributed by atoms with Crippen LogP contribution in [-0.4, -0.2) is 47.1 Å². The van der Waals surface area contributed by atoms with Crippen molar-refractivity contribution in [1.29, 1.82) is 0 Å². The third-order valence-corrected chi connectivity index (χ3v) is 6.30. The molecule has 3 aromatic rings. The van der Waals surface area contributed by atoms with Crippen LogP contribution in [0.15, 0.2) is 66.9 Å². The molecule has 0 saturated heterocycles. The lowest BCUT2D eigenvalue weighted by Gasteiger charge is -2.39. The molecule has 190 valence electrons. The average Bonchev–Trinajstić information content (AvgIpc) is 3.34. The van der Waals surface area contributed by atoms with Crippen LogP contribution in [0.1, 0.15) is 57.8 Å². The van der Waals surface area contributed by atoms with E-state index < -0.39 is 5.54 Å². The Morgan fingerprint density at radius 1 is 1.00 bits per heavy atom. The van der Waals surface area contributed by atoms with Crippen molar-refractivity contribution >= 4 is 17.6 Å². The first kappa shape index (κ1) is 25.4.